The molecule has 0 amide bonds. The molecule has 1 aliphatic heterocycles. The predicted molar refractivity (Wildman–Crippen MR) is 57.0 cm³/mol. The van der Waals surface area contributed by atoms with Gasteiger partial charge >= 0.3 is 0 Å². The first-order valence-electron chi connectivity index (χ1n) is 5.14. The SMILES string of the molecule is CCC(N)=NC1CCN(C)CC1C. The van der Waals surface area contributed by atoms with Gasteiger partial charge in [-0.3, -0.25) is 4.99 Å². The van der Waals surface area contributed by atoms with Crippen molar-refractivity contribution >= 4 is 5.84 Å². The quantitative estimate of drug-likeness (QED) is 0.514. The Balaban J connectivity index is 2.51. The number of hydrogen-bond donors (Lipinski definition) is 1. The Kier molecular flexibility index (Phi) is 3.72. The van der Waals surface area contributed by atoms with Gasteiger partial charge in [0, 0.05) is 13.0 Å². The molecule has 1 aliphatic rings. The number of hydrogen-bond acceptors (Lipinski definition) is 2. The topological polar surface area (TPSA) is 41.6 Å². The highest BCUT2D eigenvalue weighted by Crippen LogP contribution is 2.18. The van der Waals surface area contributed by atoms with Gasteiger partial charge in [0.15, 0.2) is 0 Å². The number of nitrogens with zero attached hydrogens (tertiary/aromatic N) is 2. The minimum atomic E-state index is 0.455. The normalized spacial score (nSPS) is 32.1. The maximum Gasteiger partial charge on any atom is 0.0937 e. The van der Waals surface area contributed by atoms with Crippen molar-refractivity contribution in [3.05, 3.63) is 0 Å². The second-order valence-electron chi connectivity index (χ2n) is 4.07. The Morgan fingerprint density at radius 1 is 1.62 bits per heavy atom. The molecule has 1 rings (SSSR count). The standard InChI is InChI=1S/C10H21N3/c1-4-10(11)12-9-5-6-13(3)7-8(9)2/h8-9H,4-7H2,1-3H3,(H2,11,12). The fraction of sp³-hybridized carbons (Fsp3) is 0.900. The van der Waals surface area contributed by atoms with E-state index in [4.69, 9.17) is 5.73 Å². The summed E-state index contributed by atoms with van der Waals surface area (Å²) < 4.78 is 0. The molecule has 0 aromatic heterocycles. The van der Waals surface area contributed by atoms with Gasteiger partial charge in [0.25, 0.3) is 0 Å². The molecule has 0 radical (unpaired) electrons. The molecule has 2 N–H and O–H groups in total. The second kappa shape index (κ2) is 4.61. The van der Waals surface area contributed by atoms with Crippen LogP contribution in [0.3, 0.4) is 0 Å². The van der Waals surface area contributed by atoms with E-state index in [9.17, 15) is 0 Å². The van der Waals surface area contributed by atoms with Crippen molar-refractivity contribution < 1.29 is 0 Å². The van der Waals surface area contributed by atoms with Crippen molar-refractivity contribution in [3.63, 3.8) is 0 Å². The molecule has 1 heterocycles. The van der Waals surface area contributed by atoms with Crippen molar-refractivity contribution in [1.82, 2.24) is 4.90 Å². The third-order valence-corrected chi connectivity index (χ3v) is 2.76. The minimum absolute atomic E-state index is 0.455. The van der Waals surface area contributed by atoms with Gasteiger partial charge < -0.3 is 10.6 Å². The molecule has 1 fully saturated rings. The van der Waals surface area contributed by atoms with Gasteiger partial charge in [-0.15, -0.1) is 0 Å². The fourth-order valence-corrected chi connectivity index (χ4v) is 1.84. The molecule has 0 aliphatic carbocycles. The molecule has 3 heteroatoms. The van der Waals surface area contributed by atoms with Crippen LogP contribution in [0.2, 0.25) is 0 Å². The van der Waals surface area contributed by atoms with Gasteiger partial charge in [-0.05, 0) is 25.9 Å². The first kappa shape index (κ1) is 10.5. The molecule has 0 spiro atoms. The Bertz CT molecular complexity index is 189. The average Bonchev–Trinajstić information content (AvgIpc) is 2.09. The third kappa shape index (κ3) is 2.99. The minimum Gasteiger partial charge on any atom is -0.387 e. The highest BCUT2D eigenvalue weighted by Gasteiger charge is 2.23. The zero-order valence-electron chi connectivity index (χ0n) is 8.95. The predicted octanol–water partition coefficient (Wildman–Crippen LogP) is 1.09. The van der Waals surface area contributed by atoms with Crippen LogP contribution in [0.25, 0.3) is 0 Å². The summed E-state index contributed by atoms with van der Waals surface area (Å²) in [6, 6.07) is 0.455. The van der Waals surface area contributed by atoms with Crippen LogP contribution in [0.5, 0.6) is 0 Å². The van der Waals surface area contributed by atoms with E-state index in [1.807, 2.05) is 0 Å². The zero-order valence-corrected chi connectivity index (χ0v) is 8.95. The third-order valence-electron chi connectivity index (χ3n) is 2.76. The number of piperidine rings is 1. The summed E-state index contributed by atoms with van der Waals surface area (Å²) in [5.74, 6) is 1.45. The molecule has 76 valence electrons. The van der Waals surface area contributed by atoms with Crippen molar-refractivity contribution in [1.29, 1.82) is 0 Å². The maximum absolute atomic E-state index is 5.74. The highest BCUT2D eigenvalue weighted by atomic mass is 15.1. The largest absolute Gasteiger partial charge is 0.387 e. The van der Waals surface area contributed by atoms with E-state index < -0.39 is 0 Å². The molecule has 1 saturated heterocycles. The lowest BCUT2D eigenvalue weighted by molar-refractivity contribution is 0.198. The molecule has 0 bridgehead atoms. The lowest BCUT2D eigenvalue weighted by Gasteiger charge is -2.32. The van der Waals surface area contributed by atoms with Crippen molar-refractivity contribution in [3.8, 4) is 0 Å². The van der Waals surface area contributed by atoms with Crippen LogP contribution in [0.15, 0.2) is 4.99 Å². The number of rotatable bonds is 2. The van der Waals surface area contributed by atoms with Crippen molar-refractivity contribution in [2.24, 2.45) is 16.6 Å². The Morgan fingerprint density at radius 2 is 2.31 bits per heavy atom. The lowest BCUT2D eigenvalue weighted by atomic mass is 9.95. The van der Waals surface area contributed by atoms with Gasteiger partial charge in [-0.1, -0.05) is 13.8 Å². The van der Waals surface area contributed by atoms with Crippen LogP contribution >= 0.6 is 0 Å². The molecule has 13 heavy (non-hydrogen) atoms. The average molecular weight is 183 g/mol. The Labute approximate surface area is 81.0 Å². The van der Waals surface area contributed by atoms with E-state index in [-0.39, 0.29) is 0 Å². The van der Waals surface area contributed by atoms with Gasteiger partial charge in [0.2, 0.25) is 0 Å². The zero-order chi connectivity index (χ0) is 9.84. The van der Waals surface area contributed by atoms with Gasteiger partial charge in [0.1, 0.15) is 0 Å². The van der Waals surface area contributed by atoms with Crippen LogP contribution in [0, 0.1) is 5.92 Å². The van der Waals surface area contributed by atoms with Crippen LogP contribution in [0.4, 0.5) is 0 Å². The maximum atomic E-state index is 5.74. The fourth-order valence-electron chi connectivity index (χ4n) is 1.84. The summed E-state index contributed by atoms with van der Waals surface area (Å²) in [5, 5.41) is 0. The monoisotopic (exact) mass is 183 g/mol. The first-order valence-corrected chi connectivity index (χ1v) is 5.14. The summed E-state index contributed by atoms with van der Waals surface area (Å²) in [6.07, 6.45) is 2.03. The summed E-state index contributed by atoms with van der Waals surface area (Å²) in [4.78, 5) is 6.90. The van der Waals surface area contributed by atoms with Gasteiger partial charge in [0.05, 0.1) is 11.9 Å². The van der Waals surface area contributed by atoms with Crippen molar-refractivity contribution in [2.75, 3.05) is 20.1 Å². The highest BCUT2D eigenvalue weighted by molar-refractivity contribution is 5.80. The molecule has 2 atom stereocenters. The smallest absolute Gasteiger partial charge is 0.0937 e. The second-order valence-corrected chi connectivity index (χ2v) is 4.07. The number of nitrogens with two attached hydrogens (primary N) is 1. The summed E-state index contributed by atoms with van der Waals surface area (Å²) >= 11 is 0. The molecule has 0 aromatic carbocycles. The van der Waals surface area contributed by atoms with Crippen LogP contribution < -0.4 is 5.73 Å². The lowest BCUT2D eigenvalue weighted by Crippen LogP contribution is -2.39. The summed E-state index contributed by atoms with van der Waals surface area (Å²) in [7, 11) is 2.17. The van der Waals surface area contributed by atoms with Crippen LogP contribution in [0.1, 0.15) is 26.7 Å². The molecule has 0 aromatic rings. The molecule has 0 saturated carbocycles. The Hall–Kier alpha value is -0.570. The van der Waals surface area contributed by atoms with Gasteiger partial charge in [-0.2, -0.15) is 0 Å². The number of amidine groups is 1. The number of aliphatic imine (C=N–C) groups is 1. The molecular weight excluding hydrogens is 162 g/mol. The molecule has 2 unspecified atom stereocenters. The molecule has 3 nitrogen and oxygen atoms in total. The van der Waals surface area contributed by atoms with E-state index >= 15 is 0 Å². The Morgan fingerprint density at radius 3 is 2.85 bits per heavy atom. The van der Waals surface area contributed by atoms with E-state index in [0.717, 1.165) is 31.8 Å². The van der Waals surface area contributed by atoms with Crippen molar-refractivity contribution in [2.45, 2.75) is 32.7 Å². The summed E-state index contributed by atoms with van der Waals surface area (Å²) in [5.41, 5.74) is 5.74. The van der Waals surface area contributed by atoms with E-state index in [1.54, 1.807) is 0 Å². The van der Waals surface area contributed by atoms with Crippen LogP contribution in [-0.4, -0.2) is 36.9 Å². The van der Waals surface area contributed by atoms with E-state index in [1.165, 1.54) is 0 Å². The molecular formula is C10H21N3. The first-order chi connectivity index (χ1) is 6.13. The van der Waals surface area contributed by atoms with Crippen LogP contribution in [-0.2, 0) is 0 Å². The van der Waals surface area contributed by atoms with Gasteiger partial charge in [-0.25, -0.2) is 0 Å². The summed E-state index contributed by atoms with van der Waals surface area (Å²) in [6.45, 7) is 6.60. The van der Waals surface area contributed by atoms with E-state index in [0.29, 0.717) is 12.0 Å². The van der Waals surface area contributed by atoms with E-state index in [2.05, 4.69) is 30.8 Å². The number of likely N-dealkylation sites (tertiary alicyclic amines) is 1.